The SMILES string of the molecule is Cc1nnc(-c2ncc(Oc3ccc(C(C)(C)c4ccc(OC5CC(Nc6ccc7c(c6)C(=O)N(C6CCC(=O)NC6=O)C7=O)C5)cc4)cc3)cn2)o1. The molecule has 14 heteroatoms. The molecule has 4 heterocycles. The van der Waals surface area contributed by atoms with Gasteiger partial charge in [-0.1, -0.05) is 38.1 Å². The summed E-state index contributed by atoms with van der Waals surface area (Å²) in [5.74, 6) is 0.868. The number of ether oxygens (including phenoxy) is 2. The van der Waals surface area contributed by atoms with E-state index in [1.165, 1.54) is 0 Å². The molecule has 1 saturated carbocycles. The Morgan fingerprint density at radius 1 is 0.830 bits per heavy atom. The highest BCUT2D eigenvalue weighted by Crippen LogP contribution is 2.36. The van der Waals surface area contributed by atoms with Crippen LogP contribution in [0.3, 0.4) is 0 Å². The van der Waals surface area contributed by atoms with Gasteiger partial charge in [0, 0.05) is 43.3 Å². The molecule has 2 aliphatic heterocycles. The Balaban J connectivity index is 0.829. The number of nitrogens with one attached hydrogen (secondary N) is 2. The molecular weight excluding hydrogens is 678 g/mol. The summed E-state index contributed by atoms with van der Waals surface area (Å²) in [6.45, 7) is 6.04. The molecule has 1 atom stereocenters. The molecule has 5 aromatic rings. The molecule has 0 bridgehead atoms. The van der Waals surface area contributed by atoms with Crippen LogP contribution in [0.1, 0.15) is 77.3 Å². The summed E-state index contributed by atoms with van der Waals surface area (Å²) in [7, 11) is 0. The van der Waals surface area contributed by atoms with Crippen molar-refractivity contribution in [3.63, 3.8) is 0 Å². The predicted octanol–water partition coefficient (Wildman–Crippen LogP) is 5.38. The van der Waals surface area contributed by atoms with Crippen LogP contribution in [0.4, 0.5) is 5.69 Å². The van der Waals surface area contributed by atoms with E-state index in [0.717, 1.165) is 34.6 Å². The fourth-order valence-corrected chi connectivity index (χ4v) is 6.83. The molecule has 1 saturated heterocycles. The third-order valence-corrected chi connectivity index (χ3v) is 9.94. The second-order valence-electron chi connectivity index (χ2n) is 13.9. The first-order valence-corrected chi connectivity index (χ1v) is 17.3. The predicted molar refractivity (Wildman–Crippen MR) is 189 cm³/mol. The van der Waals surface area contributed by atoms with Crippen molar-refractivity contribution in [3.05, 3.63) is 107 Å². The second kappa shape index (κ2) is 13.3. The molecule has 268 valence electrons. The topological polar surface area (TPSA) is 179 Å². The number of rotatable bonds is 10. The molecule has 1 unspecified atom stereocenters. The summed E-state index contributed by atoms with van der Waals surface area (Å²) in [5, 5.41) is 13.4. The van der Waals surface area contributed by atoms with Gasteiger partial charge in [0.05, 0.1) is 23.5 Å². The van der Waals surface area contributed by atoms with Crippen LogP contribution in [0, 0.1) is 6.92 Å². The van der Waals surface area contributed by atoms with E-state index >= 15 is 0 Å². The molecule has 2 aromatic heterocycles. The van der Waals surface area contributed by atoms with Crippen LogP contribution in [0.5, 0.6) is 17.2 Å². The van der Waals surface area contributed by atoms with E-state index in [-0.39, 0.29) is 47.4 Å². The molecule has 3 aliphatic rings. The smallest absolute Gasteiger partial charge is 0.285 e. The van der Waals surface area contributed by atoms with E-state index in [1.807, 2.05) is 36.4 Å². The van der Waals surface area contributed by atoms with Crippen LogP contribution < -0.4 is 20.1 Å². The zero-order chi connectivity index (χ0) is 36.9. The number of aromatic nitrogens is 4. The Labute approximate surface area is 303 Å². The van der Waals surface area contributed by atoms with Crippen LogP contribution in [-0.2, 0) is 15.0 Å². The number of amides is 4. The van der Waals surface area contributed by atoms with Crippen molar-refractivity contribution in [1.82, 2.24) is 30.4 Å². The van der Waals surface area contributed by atoms with Gasteiger partial charge in [-0.2, -0.15) is 0 Å². The summed E-state index contributed by atoms with van der Waals surface area (Å²) in [4.78, 5) is 59.6. The quantitative estimate of drug-likeness (QED) is 0.177. The number of anilines is 1. The zero-order valence-electron chi connectivity index (χ0n) is 29.2. The normalized spacial score (nSPS) is 19.8. The van der Waals surface area contributed by atoms with Crippen molar-refractivity contribution < 1.29 is 33.1 Å². The lowest BCUT2D eigenvalue weighted by Gasteiger charge is -2.36. The molecule has 8 rings (SSSR count). The number of benzene rings is 3. The third-order valence-electron chi connectivity index (χ3n) is 9.94. The van der Waals surface area contributed by atoms with E-state index in [0.29, 0.717) is 28.9 Å². The number of fused-ring (bicyclic) bond motifs is 1. The van der Waals surface area contributed by atoms with Gasteiger partial charge in [-0.3, -0.25) is 29.4 Å². The van der Waals surface area contributed by atoms with E-state index in [4.69, 9.17) is 13.9 Å². The lowest BCUT2D eigenvalue weighted by Crippen LogP contribution is -2.54. The second-order valence-corrected chi connectivity index (χ2v) is 13.9. The van der Waals surface area contributed by atoms with Crippen molar-refractivity contribution in [2.75, 3.05) is 5.32 Å². The molecule has 1 aliphatic carbocycles. The molecular formula is C39H35N7O7. The maximum atomic E-state index is 13.2. The van der Waals surface area contributed by atoms with Crippen molar-refractivity contribution in [1.29, 1.82) is 0 Å². The van der Waals surface area contributed by atoms with Gasteiger partial charge in [0.1, 0.15) is 23.6 Å². The number of nitrogens with zero attached hydrogens (tertiary/aromatic N) is 5. The van der Waals surface area contributed by atoms with Crippen molar-refractivity contribution in [2.24, 2.45) is 0 Å². The lowest BCUT2D eigenvalue weighted by atomic mass is 9.78. The number of carbonyl (C=O) groups is 4. The molecule has 0 radical (unpaired) electrons. The van der Waals surface area contributed by atoms with Gasteiger partial charge in [0.15, 0.2) is 5.75 Å². The Morgan fingerprint density at radius 2 is 1.49 bits per heavy atom. The molecule has 4 amide bonds. The van der Waals surface area contributed by atoms with E-state index < -0.39 is 29.7 Å². The fourth-order valence-electron chi connectivity index (χ4n) is 6.83. The largest absolute Gasteiger partial charge is 0.490 e. The molecule has 2 N–H and O–H groups in total. The highest BCUT2D eigenvalue weighted by molar-refractivity contribution is 6.23. The van der Waals surface area contributed by atoms with Crippen LogP contribution >= 0.6 is 0 Å². The maximum absolute atomic E-state index is 13.2. The molecule has 2 fully saturated rings. The minimum atomic E-state index is -0.991. The van der Waals surface area contributed by atoms with Gasteiger partial charge in [0.25, 0.3) is 17.7 Å². The van der Waals surface area contributed by atoms with Crippen LogP contribution in [0.2, 0.25) is 0 Å². The average molecular weight is 714 g/mol. The summed E-state index contributed by atoms with van der Waals surface area (Å²) < 4.78 is 17.6. The lowest BCUT2D eigenvalue weighted by molar-refractivity contribution is -0.136. The highest BCUT2D eigenvalue weighted by atomic mass is 16.5. The summed E-state index contributed by atoms with van der Waals surface area (Å²) in [5.41, 5.74) is 3.18. The fraction of sp³-hybridized carbons (Fsp3) is 0.282. The Kier molecular flexibility index (Phi) is 8.44. The van der Waals surface area contributed by atoms with E-state index in [2.05, 4.69) is 56.8 Å². The van der Waals surface area contributed by atoms with Gasteiger partial charge >= 0.3 is 0 Å². The summed E-state index contributed by atoms with van der Waals surface area (Å²) >= 11 is 0. The monoisotopic (exact) mass is 713 g/mol. The number of hydrogen-bond donors (Lipinski definition) is 2. The standard InChI is InChI=1S/C39H35N7O7/c1-21-44-45-36(51-21)34-40-19-29(20-41-34)53-27-11-6-23(7-12-27)39(2,3)22-4-9-26(10-5-22)52-28-16-25(17-28)42-24-8-13-30-31(18-24)38(50)46(37(30)49)32-14-15-33(47)43-35(32)48/h4-13,18-20,25,28,32,42H,14-17H2,1-3H3,(H,43,47,48). The molecule has 0 spiro atoms. The number of aryl methyl sites for hydroxylation is 1. The van der Waals surface area contributed by atoms with Crippen molar-refractivity contribution >= 4 is 29.3 Å². The number of imide groups is 2. The van der Waals surface area contributed by atoms with Gasteiger partial charge in [-0.05, 0) is 60.0 Å². The molecule has 14 nitrogen and oxygen atoms in total. The minimum Gasteiger partial charge on any atom is -0.490 e. The number of piperidine rings is 1. The van der Waals surface area contributed by atoms with E-state index in [1.54, 1.807) is 37.5 Å². The first-order valence-electron chi connectivity index (χ1n) is 17.3. The Hall–Kier alpha value is -6.44. The van der Waals surface area contributed by atoms with Crippen LogP contribution in [0.25, 0.3) is 11.7 Å². The summed E-state index contributed by atoms with van der Waals surface area (Å²) in [6.07, 6.45) is 4.89. The van der Waals surface area contributed by atoms with Gasteiger partial charge in [0.2, 0.25) is 23.5 Å². The Morgan fingerprint density at radius 3 is 2.13 bits per heavy atom. The van der Waals surface area contributed by atoms with Gasteiger partial charge in [-0.25, -0.2) is 9.97 Å². The number of carbonyl (C=O) groups excluding carboxylic acids is 4. The third kappa shape index (κ3) is 6.59. The van der Waals surface area contributed by atoms with Crippen LogP contribution in [-0.4, -0.2) is 66.9 Å². The highest BCUT2D eigenvalue weighted by Gasteiger charge is 2.45. The van der Waals surface area contributed by atoms with Crippen LogP contribution in [0.15, 0.2) is 83.5 Å². The Bertz CT molecular complexity index is 2230. The zero-order valence-corrected chi connectivity index (χ0v) is 29.2. The molecule has 53 heavy (non-hydrogen) atoms. The maximum Gasteiger partial charge on any atom is 0.285 e. The minimum absolute atomic E-state index is 0.0316. The number of hydrogen-bond acceptors (Lipinski definition) is 12. The molecule has 3 aromatic carbocycles. The van der Waals surface area contributed by atoms with Gasteiger partial charge in [-0.15, -0.1) is 10.2 Å². The first-order chi connectivity index (χ1) is 25.5. The average Bonchev–Trinajstić information content (AvgIpc) is 3.68. The van der Waals surface area contributed by atoms with Gasteiger partial charge < -0.3 is 19.2 Å². The first kappa shape index (κ1) is 33.7. The summed E-state index contributed by atoms with van der Waals surface area (Å²) in [6, 6.07) is 20.2. The van der Waals surface area contributed by atoms with Crippen molar-refractivity contribution in [2.45, 2.75) is 70.1 Å². The van der Waals surface area contributed by atoms with E-state index in [9.17, 15) is 19.2 Å². The van der Waals surface area contributed by atoms with Crippen molar-refractivity contribution in [3.8, 4) is 29.0 Å².